The third-order valence-electron chi connectivity index (χ3n) is 6.14. The van der Waals surface area contributed by atoms with Gasteiger partial charge in [0, 0.05) is 32.3 Å². The highest BCUT2D eigenvalue weighted by Gasteiger charge is 2.29. The summed E-state index contributed by atoms with van der Waals surface area (Å²) < 4.78 is 5.15. The van der Waals surface area contributed by atoms with E-state index in [0.29, 0.717) is 38.2 Å². The van der Waals surface area contributed by atoms with Crippen LogP contribution in [0.2, 0.25) is 0 Å². The molecule has 1 aliphatic rings. The third kappa shape index (κ3) is 5.49. The Morgan fingerprint density at radius 2 is 1.76 bits per heavy atom. The first kappa shape index (κ1) is 22.7. The van der Waals surface area contributed by atoms with Crippen LogP contribution in [0.1, 0.15) is 27.0 Å². The summed E-state index contributed by atoms with van der Waals surface area (Å²) in [5, 5.41) is 2.99. The van der Waals surface area contributed by atoms with Gasteiger partial charge >= 0.3 is 0 Å². The van der Waals surface area contributed by atoms with Crippen molar-refractivity contribution >= 4 is 11.8 Å². The number of aryl methyl sites for hydroxylation is 1. The number of hydrogen-bond donors (Lipinski definition) is 1. The van der Waals surface area contributed by atoms with E-state index < -0.39 is 0 Å². The number of hydrogen-bond acceptors (Lipinski definition) is 3. The molecule has 0 radical (unpaired) electrons. The Bertz CT molecular complexity index is 1110. The fourth-order valence-electron chi connectivity index (χ4n) is 4.31. The molecule has 2 amide bonds. The van der Waals surface area contributed by atoms with Gasteiger partial charge in [0.05, 0.1) is 12.5 Å². The Labute approximate surface area is 195 Å². The number of carbonyl (C=O) groups is 2. The fourth-order valence-corrected chi connectivity index (χ4v) is 4.31. The highest BCUT2D eigenvalue weighted by molar-refractivity contribution is 5.95. The van der Waals surface area contributed by atoms with E-state index in [0.717, 1.165) is 22.3 Å². The Morgan fingerprint density at radius 3 is 2.48 bits per heavy atom. The molecule has 0 aliphatic carbocycles. The lowest BCUT2D eigenvalue weighted by molar-refractivity contribution is -0.124. The SMILES string of the molecule is COCc1ccc(C(=O)N2CCNC(=O)C(Cc3ccccc3-c3ccc(C)cc3)C2)cc1. The van der Waals surface area contributed by atoms with Crippen LogP contribution in [0.15, 0.2) is 72.8 Å². The molecule has 0 bridgehead atoms. The van der Waals surface area contributed by atoms with Gasteiger partial charge in [-0.2, -0.15) is 0 Å². The molecule has 33 heavy (non-hydrogen) atoms. The van der Waals surface area contributed by atoms with Gasteiger partial charge in [-0.05, 0) is 47.7 Å². The van der Waals surface area contributed by atoms with Gasteiger partial charge in [0.1, 0.15) is 0 Å². The van der Waals surface area contributed by atoms with Crippen molar-refractivity contribution in [2.75, 3.05) is 26.7 Å². The maximum absolute atomic E-state index is 13.2. The van der Waals surface area contributed by atoms with Crippen LogP contribution in [0.25, 0.3) is 11.1 Å². The van der Waals surface area contributed by atoms with Crippen molar-refractivity contribution in [3.63, 3.8) is 0 Å². The first-order valence-corrected chi connectivity index (χ1v) is 11.3. The molecule has 1 fully saturated rings. The average Bonchev–Trinajstić information content (AvgIpc) is 3.02. The normalized spacial score (nSPS) is 16.2. The monoisotopic (exact) mass is 442 g/mol. The van der Waals surface area contributed by atoms with Crippen LogP contribution in [-0.2, 0) is 22.6 Å². The van der Waals surface area contributed by atoms with Crippen LogP contribution in [-0.4, -0.2) is 43.5 Å². The van der Waals surface area contributed by atoms with Gasteiger partial charge in [0.25, 0.3) is 5.91 Å². The highest BCUT2D eigenvalue weighted by atomic mass is 16.5. The predicted molar refractivity (Wildman–Crippen MR) is 130 cm³/mol. The second-order valence-corrected chi connectivity index (χ2v) is 8.60. The van der Waals surface area contributed by atoms with E-state index in [1.807, 2.05) is 36.4 Å². The summed E-state index contributed by atoms with van der Waals surface area (Å²) in [5.74, 6) is -0.359. The van der Waals surface area contributed by atoms with Crippen molar-refractivity contribution in [2.45, 2.75) is 20.0 Å². The van der Waals surface area contributed by atoms with Gasteiger partial charge in [-0.1, -0.05) is 66.2 Å². The third-order valence-corrected chi connectivity index (χ3v) is 6.14. The number of ether oxygens (including phenoxy) is 1. The molecule has 1 heterocycles. The number of rotatable bonds is 6. The molecule has 5 heteroatoms. The Balaban J connectivity index is 1.54. The minimum Gasteiger partial charge on any atom is -0.380 e. The molecule has 0 saturated carbocycles. The predicted octanol–water partition coefficient (Wildman–Crippen LogP) is 4.24. The van der Waals surface area contributed by atoms with Crippen LogP contribution in [0.3, 0.4) is 0 Å². The standard InChI is InChI=1S/C28H30N2O3/c1-20-7-11-22(12-8-20)26-6-4-3-5-24(26)17-25-18-30(16-15-29-27(25)31)28(32)23-13-9-21(10-14-23)19-33-2/h3-14,25H,15-19H2,1-2H3,(H,29,31). The quantitative estimate of drug-likeness (QED) is 0.621. The van der Waals surface area contributed by atoms with Gasteiger partial charge in [0.15, 0.2) is 0 Å². The topological polar surface area (TPSA) is 58.6 Å². The molecule has 1 unspecified atom stereocenters. The van der Waals surface area contributed by atoms with E-state index in [1.54, 1.807) is 12.0 Å². The summed E-state index contributed by atoms with van der Waals surface area (Å²) in [6.45, 7) is 3.94. The molecule has 1 N–H and O–H groups in total. The highest BCUT2D eigenvalue weighted by Crippen LogP contribution is 2.27. The van der Waals surface area contributed by atoms with Crippen molar-refractivity contribution in [1.29, 1.82) is 0 Å². The molecular formula is C28H30N2O3. The lowest BCUT2D eigenvalue weighted by atomic mass is 9.91. The number of nitrogens with one attached hydrogen (secondary N) is 1. The Hall–Kier alpha value is -3.44. The molecule has 3 aromatic carbocycles. The van der Waals surface area contributed by atoms with Crippen LogP contribution < -0.4 is 5.32 Å². The van der Waals surface area contributed by atoms with E-state index in [-0.39, 0.29) is 17.7 Å². The summed E-state index contributed by atoms with van der Waals surface area (Å²) in [6, 6.07) is 24.1. The maximum atomic E-state index is 13.2. The zero-order chi connectivity index (χ0) is 23.2. The number of carbonyl (C=O) groups excluding carboxylic acids is 2. The van der Waals surface area contributed by atoms with E-state index in [4.69, 9.17) is 4.74 Å². The smallest absolute Gasteiger partial charge is 0.253 e. The van der Waals surface area contributed by atoms with Gasteiger partial charge in [-0.25, -0.2) is 0 Å². The molecule has 0 spiro atoms. The molecule has 170 valence electrons. The van der Waals surface area contributed by atoms with Crippen molar-refractivity contribution in [2.24, 2.45) is 5.92 Å². The summed E-state index contributed by atoms with van der Waals surface area (Å²) in [6.07, 6.45) is 0.576. The molecular weight excluding hydrogens is 412 g/mol. The van der Waals surface area contributed by atoms with E-state index in [1.165, 1.54) is 5.56 Å². The molecule has 4 rings (SSSR count). The second kappa shape index (κ2) is 10.5. The summed E-state index contributed by atoms with van der Waals surface area (Å²) in [5.41, 5.74) is 6.23. The van der Waals surface area contributed by atoms with Gasteiger partial charge < -0.3 is 15.0 Å². The fraction of sp³-hybridized carbons (Fsp3) is 0.286. The number of benzene rings is 3. The lowest BCUT2D eigenvalue weighted by Gasteiger charge is -2.24. The molecule has 3 aromatic rings. The number of amides is 2. The minimum atomic E-state index is -0.309. The summed E-state index contributed by atoms with van der Waals surface area (Å²) in [7, 11) is 1.65. The van der Waals surface area contributed by atoms with Gasteiger partial charge in [0.2, 0.25) is 5.91 Å². The molecule has 1 atom stereocenters. The minimum absolute atomic E-state index is 0.000508. The zero-order valence-electron chi connectivity index (χ0n) is 19.2. The van der Waals surface area contributed by atoms with Crippen LogP contribution in [0.4, 0.5) is 0 Å². The number of methoxy groups -OCH3 is 1. The number of nitrogens with zero attached hydrogens (tertiary/aromatic N) is 1. The van der Waals surface area contributed by atoms with Crippen LogP contribution in [0.5, 0.6) is 0 Å². The van der Waals surface area contributed by atoms with E-state index >= 15 is 0 Å². The van der Waals surface area contributed by atoms with Gasteiger partial charge in [-0.15, -0.1) is 0 Å². The Kier molecular flexibility index (Phi) is 7.20. The van der Waals surface area contributed by atoms with Crippen molar-refractivity contribution in [3.05, 3.63) is 95.1 Å². The summed E-state index contributed by atoms with van der Waals surface area (Å²) in [4.78, 5) is 27.9. The summed E-state index contributed by atoms with van der Waals surface area (Å²) >= 11 is 0. The second-order valence-electron chi connectivity index (χ2n) is 8.60. The maximum Gasteiger partial charge on any atom is 0.253 e. The van der Waals surface area contributed by atoms with E-state index in [9.17, 15) is 9.59 Å². The van der Waals surface area contributed by atoms with Gasteiger partial charge in [-0.3, -0.25) is 9.59 Å². The van der Waals surface area contributed by atoms with Crippen molar-refractivity contribution in [3.8, 4) is 11.1 Å². The average molecular weight is 443 g/mol. The lowest BCUT2D eigenvalue weighted by Crippen LogP contribution is -2.37. The van der Waals surface area contributed by atoms with Crippen LogP contribution in [0, 0.1) is 12.8 Å². The van der Waals surface area contributed by atoms with E-state index in [2.05, 4.69) is 48.6 Å². The molecule has 1 saturated heterocycles. The van der Waals surface area contributed by atoms with Crippen molar-refractivity contribution < 1.29 is 14.3 Å². The first-order chi connectivity index (χ1) is 16.0. The van der Waals surface area contributed by atoms with Crippen molar-refractivity contribution in [1.82, 2.24) is 10.2 Å². The zero-order valence-corrected chi connectivity index (χ0v) is 19.2. The molecule has 0 aromatic heterocycles. The van der Waals surface area contributed by atoms with Crippen LogP contribution >= 0.6 is 0 Å². The largest absolute Gasteiger partial charge is 0.380 e. The molecule has 5 nitrogen and oxygen atoms in total. The molecule has 1 aliphatic heterocycles. The Morgan fingerprint density at radius 1 is 1.03 bits per heavy atom. The first-order valence-electron chi connectivity index (χ1n) is 11.3.